The first-order chi connectivity index (χ1) is 14.4. The van der Waals surface area contributed by atoms with Gasteiger partial charge in [0.15, 0.2) is 0 Å². The van der Waals surface area contributed by atoms with Gasteiger partial charge < -0.3 is 25.7 Å². The summed E-state index contributed by atoms with van der Waals surface area (Å²) in [6, 6.07) is 8.23. The highest BCUT2D eigenvalue weighted by Crippen LogP contribution is 2.41. The fourth-order valence-electron chi connectivity index (χ4n) is 3.96. The Bertz CT molecular complexity index is 1030. The normalized spacial score (nSPS) is 18.1. The second-order valence-corrected chi connectivity index (χ2v) is 7.70. The minimum absolute atomic E-state index is 0.0461. The maximum atomic E-state index is 10.9. The van der Waals surface area contributed by atoms with Crippen molar-refractivity contribution in [1.29, 1.82) is 0 Å². The lowest BCUT2D eigenvalue weighted by Crippen LogP contribution is -2.58. The van der Waals surface area contributed by atoms with Crippen molar-refractivity contribution >= 4 is 35.2 Å². The molecule has 0 unspecified atom stereocenters. The molecule has 5 N–H and O–H groups in total. The largest absolute Gasteiger partial charge is 0.484 e. The minimum atomic E-state index is -1.13. The van der Waals surface area contributed by atoms with Crippen molar-refractivity contribution in [1.82, 2.24) is 0 Å². The minimum Gasteiger partial charge on any atom is -0.484 e. The summed E-state index contributed by atoms with van der Waals surface area (Å²) >= 11 is 6.46. The molecule has 0 radical (unpaired) electrons. The first kappa shape index (κ1) is 20.1. The average Bonchev–Trinajstić information content (AvgIpc) is 3.17. The van der Waals surface area contributed by atoms with E-state index in [2.05, 4.69) is 9.98 Å². The van der Waals surface area contributed by atoms with Crippen LogP contribution in [0.25, 0.3) is 0 Å². The number of benzene rings is 1. The van der Waals surface area contributed by atoms with E-state index in [1.807, 2.05) is 11.0 Å². The van der Waals surface area contributed by atoms with Gasteiger partial charge in [-0.2, -0.15) is 4.99 Å². The average molecular weight is 432 g/mol. The Hall–Kier alpha value is -3.20. The predicted molar refractivity (Wildman–Crippen MR) is 113 cm³/mol. The van der Waals surface area contributed by atoms with Gasteiger partial charge in [-0.05, 0) is 56.0 Å². The van der Waals surface area contributed by atoms with Gasteiger partial charge in [-0.15, -0.1) is 0 Å². The number of carboxylic acids is 1. The number of hydrogen-bond donors (Lipinski definition) is 3. The van der Waals surface area contributed by atoms with E-state index in [0.717, 1.165) is 37.8 Å². The topological polar surface area (TPSA) is 140 Å². The van der Waals surface area contributed by atoms with E-state index in [1.165, 1.54) is 6.07 Å². The molecule has 30 heavy (non-hydrogen) atoms. The Labute approximate surface area is 178 Å². The Morgan fingerprint density at radius 1 is 1.23 bits per heavy atom. The van der Waals surface area contributed by atoms with Crippen LogP contribution in [0.3, 0.4) is 0 Å². The van der Waals surface area contributed by atoms with Crippen LogP contribution < -0.4 is 21.1 Å². The van der Waals surface area contributed by atoms with Gasteiger partial charge in [-0.1, -0.05) is 18.0 Å². The fraction of sp³-hybridized carbons (Fsp3) is 0.350. The first-order valence-corrected chi connectivity index (χ1v) is 10.00. The molecular formula is C20H22ClN5O4. The number of halogens is 1. The quantitative estimate of drug-likeness (QED) is 0.659. The summed E-state index contributed by atoms with van der Waals surface area (Å²) in [7, 11) is 0. The third-order valence-electron chi connectivity index (χ3n) is 5.27. The first-order valence-electron chi connectivity index (χ1n) is 9.62. The molecule has 0 amide bonds. The Morgan fingerprint density at radius 2 is 2.00 bits per heavy atom. The number of anilines is 1. The molecule has 2 aliphatic rings. The molecule has 10 heteroatoms. The van der Waals surface area contributed by atoms with Crippen LogP contribution in [-0.4, -0.2) is 28.7 Å². The molecule has 2 aromatic rings. The molecule has 4 rings (SSSR count). The number of hydrogen-bond acceptors (Lipinski definition) is 8. The lowest BCUT2D eigenvalue weighted by Gasteiger charge is -2.45. The van der Waals surface area contributed by atoms with Crippen LogP contribution in [0.2, 0.25) is 5.02 Å². The maximum absolute atomic E-state index is 10.9. The second kappa shape index (κ2) is 7.91. The Morgan fingerprint density at radius 3 is 2.67 bits per heavy atom. The zero-order chi connectivity index (χ0) is 21.3. The smallest absolute Gasteiger partial charge is 0.371 e. The number of nitrogens with zero attached hydrogens (tertiary/aromatic N) is 3. The molecule has 1 spiro atoms. The van der Waals surface area contributed by atoms with Crippen LogP contribution in [0.15, 0.2) is 44.7 Å². The monoisotopic (exact) mass is 431 g/mol. The molecular weight excluding hydrogens is 410 g/mol. The van der Waals surface area contributed by atoms with Gasteiger partial charge in [0.2, 0.25) is 17.7 Å². The Kier molecular flexibility index (Phi) is 5.29. The van der Waals surface area contributed by atoms with E-state index >= 15 is 0 Å². The number of ether oxygens (including phenoxy) is 1. The van der Waals surface area contributed by atoms with E-state index in [4.69, 9.17) is 37.3 Å². The zero-order valence-electron chi connectivity index (χ0n) is 16.2. The summed E-state index contributed by atoms with van der Waals surface area (Å²) in [4.78, 5) is 21.6. The van der Waals surface area contributed by atoms with E-state index in [1.54, 1.807) is 18.2 Å². The van der Waals surface area contributed by atoms with Crippen molar-refractivity contribution in [2.75, 3.05) is 4.90 Å². The van der Waals surface area contributed by atoms with Crippen LogP contribution in [0.4, 0.5) is 5.69 Å². The summed E-state index contributed by atoms with van der Waals surface area (Å²) in [6.07, 6.45) is 4.84. The van der Waals surface area contributed by atoms with Crippen molar-refractivity contribution in [2.24, 2.45) is 21.5 Å². The van der Waals surface area contributed by atoms with Crippen LogP contribution >= 0.6 is 11.6 Å². The number of carboxylic acid groups (broad SMARTS) is 1. The number of nitrogens with two attached hydrogens (primary N) is 2. The highest BCUT2D eigenvalue weighted by atomic mass is 35.5. The van der Waals surface area contributed by atoms with Crippen LogP contribution in [0, 0.1) is 0 Å². The zero-order valence-corrected chi connectivity index (χ0v) is 16.9. The standard InChI is InChI=1S/C20H22ClN5O4/c21-14-10-12(4-6-15(14)29-11-13-5-7-16(30-13)17(27)28)26-19(23)24-18(22)25-20(26)8-2-1-3-9-20/h4-7,10H,1-3,8-9,11H2,(H,27,28)(H4,22,23,24,25). The van der Waals surface area contributed by atoms with E-state index in [0.29, 0.717) is 16.5 Å². The van der Waals surface area contributed by atoms with Crippen molar-refractivity contribution in [2.45, 2.75) is 44.4 Å². The third kappa shape index (κ3) is 3.80. The number of furan rings is 1. The molecule has 9 nitrogen and oxygen atoms in total. The van der Waals surface area contributed by atoms with Gasteiger partial charge in [0.05, 0.1) is 5.02 Å². The van der Waals surface area contributed by atoms with Crippen molar-refractivity contribution in [3.05, 3.63) is 46.9 Å². The van der Waals surface area contributed by atoms with Crippen LogP contribution in [0.5, 0.6) is 5.75 Å². The molecule has 1 aliphatic heterocycles. The van der Waals surface area contributed by atoms with Crippen LogP contribution in [-0.2, 0) is 6.61 Å². The third-order valence-corrected chi connectivity index (χ3v) is 5.56. The fourth-order valence-corrected chi connectivity index (χ4v) is 4.19. The van der Waals surface area contributed by atoms with Crippen LogP contribution in [0.1, 0.15) is 48.4 Å². The summed E-state index contributed by atoms with van der Waals surface area (Å²) in [5.74, 6) is 0.00603. The van der Waals surface area contributed by atoms with Gasteiger partial charge >= 0.3 is 5.97 Å². The van der Waals surface area contributed by atoms with Crippen molar-refractivity contribution in [3.8, 4) is 5.75 Å². The highest BCUT2D eigenvalue weighted by Gasteiger charge is 2.42. The number of aliphatic imine (C=N–C) groups is 2. The molecule has 0 atom stereocenters. The number of guanidine groups is 2. The summed E-state index contributed by atoms with van der Waals surface area (Å²) < 4.78 is 10.9. The summed E-state index contributed by atoms with van der Waals surface area (Å²) in [5.41, 5.74) is 12.3. The SMILES string of the molecule is NC1=NC2(CCCCC2)N(c2ccc(OCc3ccc(C(=O)O)o3)c(Cl)c2)C(N)=N1. The molecule has 158 valence electrons. The Balaban J connectivity index is 1.55. The predicted octanol–water partition coefficient (Wildman–Crippen LogP) is 3.32. The number of rotatable bonds is 5. The molecule has 2 heterocycles. The lowest BCUT2D eigenvalue weighted by atomic mass is 9.87. The molecule has 1 aromatic carbocycles. The second-order valence-electron chi connectivity index (χ2n) is 7.29. The number of carbonyl (C=O) groups is 1. The van der Waals surface area contributed by atoms with E-state index < -0.39 is 11.6 Å². The molecule has 0 bridgehead atoms. The summed E-state index contributed by atoms with van der Waals surface area (Å²) in [5, 5.41) is 9.30. The van der Waals surface area contributed by atoms with Crippen molar-refractivity contribution < 1.29 is 19.1 Å². The van der Waals surface area contributed by atoms with E-state index in [9.17, 15) is 4.79 Å². The molecule has 1 aliphatic carbocycles. The lowest BCUT2D eigenvalue weighted by molar-refractivity contribution is 0.0658. The van der Waals surface area contributed by atoms with Gasteiger partial charge in [0.1, 0.15) is 23.8 Å². The molecule has 1 aromatic heterocycles. The molecule has 0 saturated heterocycles. The van der Waals surface area contributed by atoms with Gasteiger partial charge in [0.25, 0.3) is 0 Å². The van der Waals surface area contributed by atoms with E-state index in [-0.39, 0.29) is 24.3 Å². The highest BCUT2D eigenvalue weighted by molar-refractivity contribution is 6.32. The van der Waals surface area contributed by atoms with Gasteiger partial charge in [0, 0.05) is 5.69 Å². The van der Waals surface area contributed by atoms with Crippen molar-refractivity contribution in [3.63, 3.8) is 0 Å². The summed E-state index contributed by atoms with van der Waals surface area (Å²) in [6.45, 7) is 0.0461. The van der Waals surface area contributed by atoms with Gasteiger partial charge in [-0.25, -0.2) is 9.79 Å². The molecule has 1 saturated carbocycles. The molecule has 1 fully saturated rings. The van der Waals surface area contributed by atoms with Gasteiger partial charge in [-0.3, -0.25) is 4.90 Å². The number of aromatic carboxylic acids is 1. The maximum Gasteiger partial charge on any atom is 0.371 e.